The number of aromatic amines is 1. The molecule has 18 heavy (non-hydrogen) atoms. The fraction of sp³-hybridized carbons (Fsp3) is 0.727. The molecule has 2 N–H and O–H groups in total. The third-order valence-corrected chi connectivity index (χ3v) is 3.71. The van der Waals surface area contributed by atoms with E-state index in [1.54, 1.807) is 4.57 Å². The average Bonchev–Trinajstić information content (AvgIpc) is 3.08. The molecule has 0 spiro atoms. The van der Waals surface area contributed by atoms with Gasteiger partial charge in [-0.3, -0.25) is 9.36 Å². The Morgan fingerprint density at radius 2 is 2.39 bits per heavy atom. The second-order valence-corrected chi connectivity index (χ2v) is 5.39. The predicted octanol–water partition coefficient (Wildman–Crippen LogP) is 0.742. The number of nitrogens with zero attached hydrogens (tertiary/aromatic N) is 2. The van der Waals surface area contributed by atoms with Crippen LogP contribution in [-0.4, -0.2) is 32.5 Å². The molecule has 1 saturated carbocycles. The number of hydrogen-bond acceptors (Lipinski definition) is 4. The van der Waals surface area contributed by atoms with E-state index < -0.39 is 0 Å². The Morgan fingerprint density at radius 3 is 3.06 bits per heavy atom. The molecule has 0 bridgehead atoms. The molecule has 100 valence electrons. The second-order valence-electron chi connectivity index (χ2n) is 4.45. The number of aromatic nitrogens is 3. The summed E-state index contributed by atoms with van der Waals surface area (Å²) in [4.78, 5) is 23.1. The van der Waals surface area contributed by atoms with Crippen LogP contribution in [-0.2, 0) is 11.3 Å². The van der Waals surface area contributed by atoms with Gasteiger partial charge in [0.25, 0.3) is 0 Å². The molecule has 1 aliphatic rings. The smallest absolute Gasteiger partial charge is 0.343 e. The first-order valence-electron chi connectivity index (χ1n) is 6.28. The molecule has 1 aromatic heterocycles. The van der Waals surface area contributed by atoms with Gasteiger partial charge in [0, 0.05) is 12.6 Å². The highest BCUT2D eigenvalue weighted by molar-refractivity contribution is 7.99. The first-order chi connectivity index (χ1) is 8.70. The van der Waals surface area contributed by atoms with Crippen LogP contribution in [0, 0.1) is 0 Å². The van der Waals surface area contributed by atoms with Gasteiger partial charge in [-0.25, -0.2) is 9.89 Å². The van der Waals surface area contributed by atoms with Crippen molar-refractivity contribution in [3.63, 3.8) is 0 Å². The Hall–Kier alpha value is -1.24. The summed E-state index contributed by atoms with van der Waals surface area (Å²) in [6.45, 7) is 2.72. The fourth-order valence-corrected chi connectivity index (χ4v) is 2.34. The summed E-state index contributed by atoms with van der Waals surface area (Å²) in [6, 6.07) is 0.375. The van der Waals surface area contributed by atoms with Crippen LogP contribution in [0.25, 0.3) is 0 Å². The number of nitrogens with one attached hydrogen (secondary N) is 2. The van der Waals surface area contributed by atoms with Gasteiger partial charge in [-0.05, 0) is 19.3 Å². The van der Waals surface area contributed by atoms with Crippen LogP contribution in [0.1, 0.15) is 32.6 Å². The first kappa shape index (κ1) is 13.2. The molecular formula is C11H18N4O2S. The maximum Gasteiger partial charge on any atom is 0.343 e. The van der Waals surface area contributed by atoms with Crippen molar-refractivity contribution in [2.24, 2.45) is 0 Å². The molecule has 0 saturated heterocycles. The van der Waals surface area contributed by atoms with Crippen LogP contribution in [0.5, 0.6) is 0 Å². The van der Waals surface area contributed by atoms with Crippen molar-refractivity contribution in [3.05, 3.63) is 10.5 Å². The van der Waals surface area contributed by atoms with Gasteiger partial charge in [0.15, 0.2) is 5.16 Å². The summed E-state index contributed by atoms with van der Waals surface area (Å²) in [5.74, 6) is 0.326. The lowest BCUT2D eigenvalue weighted by atomic mass is 10.3. The maximum absolute atomic E-state index is 11.5. The topological polar surface area (TPSA) is 79.8 Å². The summed E-state index contributed by atoms with van der Waals surface area (Å²) in [5, 5.41) is 9.88. The normalized spacial score (nSPS) is 14.7. The van der Waals surface area contributed by atoms with Crippen molar-refractivity contribution in [2.75, 3.05) is 5.75 Å². The maximum atomic E-state index is 11.5. The van der Waals surface area contributed by atoms with Crippen molar-refractivity contribution in [1.29, 1.82) is 0 Å². The molecule has 0 aliphatic heterocycles. The van der Waals surface area contributed by atoms with Crippen LogP contribution in [0.4, 0.5) is 0 Å². The molecule has 0 unspecified atom stereocenters. The Bertz CT molecular complexity index is 464. The summed E-state index contributed by atoms with van der Waals surface area (Å²) in [5.41, 5.74) is -0.200. The Balaban J connectivity index is 1.87. The average molecular weight is 270 g/mol. The Kier molecular flexibility index (Phi) is 4.46. The number of carbonyl (C=O) groups excluding carboxylic acids is 1. The third-order valence-electron chi connectivity index (χ3n) is 2.73. The van der Waals surface area contributed by atoms with Gasteiger partial charge in [-0.2, -0.15) is 0 Å². The zero-order valence-corrected chi connectivity index (χ0v) is 11.3. The van der Waals surface area contributed by atoms with Crippen molar-refractivity contribution in [3.8, 4) is 0 Å². The summed E-state index contributed by atoms with van der Waals surface area (Å²) in [6.07, 6.45) is 4.12. The minimum absolute atomic E-state index is 0.0139. The summed E-state index contributed by atoms with van der Waals surface area (Å²) < 4.78 is 1.60. The van der Waals surface area contributed by atoms with Crippen molar-refractivity contribution < 1.29 is 4.79 Å². The predicted molar refractivity (Wildman–Crippen MR) is 69.6 cm³/mol. The van der Waals surface area contributed by atoms with E-state index in [9.17, 15) is 9.59 Å². The van der Waals surface area contributed by atoms with E-state index in [1.807, 2.05) is 0 Å². The van der Waals surface area contributed by atoms with E-state index in [2.05, 4.69) is 22.4 Å². The van der Waals surface area contributed by atoms with E-state index in [4.69, 9.17) is 0 Å². The molecular weight excluding hydrogens is 252 g/mol. The van der Waals surface area contributed by atoms with Gasteiger partial charge in [0.2, 0.25) is 5.91 Å². The number of rotatable bonds is 7. The minimum atomic E-state index is -0.200. The van der Waals surface area contributed by atoms with E-state index in [-0.39, 0.29) is 11.6 Å². The lowest BCUT2D eigenvalue weighted by Crippen LogP contribution is -2.27. The highest BCUT2D eigenvalue weighted by Gasteiger charge is 2.23. The second kappa shape index (κ2) is 6.08. The van der Waals surface area contributed by atoms with Gasteiger partial charge in [0.1, 0.15) is 0 Å². The molecule has 6 nitrogen and oxygen atoms in total. The molecule has 1 aromatic rings. The fourth-order valence-electron chi connectivity index (χ4n) is 1.55. The molecule has 1 fully saturated rings. The van der Waals surface area contributed by atoms with E-state index >= 15 is 0 Å². The number of H-pyrrole nitrogens is 1. The molecule has 2 rings (SSSR count). The SMILES string of the molecule is CCCCn1c(SCC(=O)NC2CC2)n[nH]c1=O. The monoisotopic (exact) mass is 270 g/mol. The number of amides is 1. The third kappa shape index (κ3) is 3.63. The highest BCUT2D eigenvalue weighted by Crippen LogP contribution is 2.19. The van der Waals surface area contributed by atoms with Gasteiger partial charge in [-0.1, -0.05) is 25.1 Å². The van der Waals surface area contributed by atoms with Crippen LogP contribution in [0.2, 0.25) is 0 Å². The van der Waals surface area contributed by atoms with E-state index in [1.165, 1.54) is 11.8 Å². The van der Waals surface area contributed by atoms with Gasteiger partial charge < -0.3 is 5.32 Å². The van der Waals surface area contributed by atoms with Crippen LogP contribution >= 0.6 is 11.8 Å². The Morgan fingerprint density at radius 1 is 1.61 bits per heavy atom. The molecule has 0 aromatic carbocycles. The standard InChI is InChI=1S/C11H18N4O2S/c1-2-3-6-15-10(17)13-14-11(15)18-7-9(16)12-8-4-5-8/h8H,2-7H2,1H3,(H,12,16)(H,13,17). The molecule has 0 radical (unpaired) electrons. The molecule has 7 heteroatoms. The van der Waals surface area contributed by atoms with Gasteiger partial charge >= 0.3 is 5.69 Å². The number of carbonyl (C=O) groups is 1. The number of hydrogen-bond donors (Lipinski definition) is 2. The highest BCUT2D eigenvalue weighted by atomic mass is 32.2. The number of thioether (sulfide) groups is 1. The molecule has 1 amide bonds. The summed E-state index contributed by atoms with van der Waals surface area (Å²) in [7, 11) is 0. The van der Waals surface area contributed by atoms with Gasteiger partial charge in [0.05, 0.1) is 5.75 Å². The van der Waals surface area contributed by atoms with E-state index in [0.717, 1.165) is 25.7 Å². The lowest BCUT2D eigenvalue weighted by molar-refractivity contribution is -0.118. The minimum Gasteiger partial charge on any atom is -0.353 e. The lowest BCUT2D eigenvalue weighted by Gasteiger charge is -2.04. The molecule has 1 aliphatic carbocycles. The van der Waals surface area contributed by atoms with Crippen LogP contribution < -0.4 is 11.0 Å². The zero-order chi connectivity index (χ0) is 13.0. The van der Waals surface area contributed by atoms with Crippen molar-refractivity contribution >= 4 is 17.7 Å². The van der Waals surface area contributed by atoms with E-state index in [0.29, 0.717) is 23.5 Å². The quantitative estimate of drug-likeness (QED) is 0.716. The Labute approximate surface area is 110 Å². The van der Waals surface area contributed by atoms with Crippen LogP contribution in [0.3, 0.4) is 0 Å². The first-order valence-corrected chi connectivity index (χ1v) is 7.26. The van der Waals surface area contributed by atoms with Crippen LogP contribution in [0.15, 0.2) is 9.95 Å². The molecule has 0 atom stereocenters. The molecule has 1 heterocycles. The summed E-state index contributed by atoms with van der Waals surface area (Å²) >= 11 is 1.30. The van der Waals surface area contributed by atoms with Gasteiger partial charge in [-0.15, -0.1) is 5.10 Å². The number of unbranched alkanes of at least 4 members (excludes halogenated alkanes) is 1. The van der Waals surface area contributed by atoms with Crippen molar-refractivity contribution in [2.45, 2.75) is 50.4 Å². The largest absolute Gasteiger partial charge is 0.353 e. The zero-order valence-electron chi connectivity index (χ0n) is 10.4. The van der Waals surface area contributed by atoms with Crippen molar-refractivity contribution in [1.82, 2.24) is 20.1 Å².